The lowest BCUT2D eigenvalue weighted by Gasteiger charge is -2.25. The van der Waals surface area contributed by atoms with Gasteiger partial charge in [0.05, 0.1) is 39.6 Å². The predicted octanol–water partition coefficient (Wildman–Crippen LogP) is 6.07. The Bertz CT molecular complexity index is 515. The van der Waals surface area contributed by atoms with E-state index in [1.165, 1.54) is 51.4 Å². The van der Waals surface area contributed by atoms with Crippen molar-refractivity contribution in [3.8, 4) is 0 Å². The number of carboxylic acids is 1. The van der Waals surface area contributed by atoms with Crippen LogP contribution in [0.25, 0.3) is 0 Å². The highest BCUT2D eigenvalue weighted by molar-refractivity contribution is 7.45. The first-order valence-electron chi connectivity index (χ1n) is 13.1. The molecule has 0 aromatic carbocycles. The van der Waals surface area contributed by atoms with E-state index < -0.39 is 19.9 Å². The molecule has 0 aliphatic rings. The molecule has 9 heteroatoms. The Morgan fingerprint density at radius 2 is 1.44 bits per heavy atom. The molecule has 0 heterocycles. The minimum atomic E-state index is -4.41. The van der Waals surface area contributed by atoms with Gasteiger partial charge in [-0.2, -0.15) is 0 Å². The first-order valence-corrected chi connectivity index (χ1v) is 14.5. The summed E-state index contributed by atoms with van der Waals surface area (Å²) >= 11 is 0. The van der Waals surface area contributed by atoms with Gasteiger partial charge in [0.25, 0.3) is 7.82 Å². The van der Waals surface area contributed by atoms with Gasteiger partial charge in [0, 0.05) is 19.6 Å². The van der Waals surface area contributed by atoms with Gasteiger partial charge >= 0.3 is 5.97 Å². The maximum Gasteiger partial charge on any atom is 0.303 e. The number of ether oxygens (including phenoxy) is 2. The van der Waals surface area contributed by atoms with Crippen LogP contribution in [0, 0.1) is 5.92 Å². The van der Waals surface area contributed by atoms with Gasteiger partial charge in [-0.1, -0.05) is 64.7 Å². The molecular weight excluding hydrogens is 459 g/mol. The second-order valence-corrected chi connectivity index (χ2v) is 10.5. The molecule has 1 N–H and O–H groups in total. The van der Waals surface area contributed by atoms with Crippen LogP contribution in [0.2, 0.25) is 0 Å². The summed E-state index contributed by atoms with van der Waals surface area (Å²) in [6.45, 7) is 7.03. The molecule has 0 bridgehead atoms. The highest BCUT2D eigenvalue weighted by atomic mass is 31.2. The van der Waals surface area contributed by atoms with E-state index in [4.69, 9.17) is 23.6 Å². The zero-order valence-electron chi connectivity index (χ0n) is 21.8. The molecule has 0 amide bonds. The Morgan fingerprint density at radius 1 is 0.853 bits per heavy atom. The first kappa shape index (κ1) is 33.4. The largest absolute Gasteiger partial charge is 0.756 e. The number of carbonyl (C=O) groups is 1. The molecule has 0 aromatic rings. The molecule has 2 atom stereocenters. The van der Waals surface area contributed by atoms with Crippen LogP contribution in [0.3, 0.4) is 0 Å². The molecule has 0 saturated carbocycles. The van der Waals surface area contributed by atoms with Crippen LogP contribution in [0.4, 0.5) is 0 Å². The van der Waals surface area contributed by atoms with Gasteiger partial charge in [-0.05, 0) is 19.3 Å². The number of hydrogen-bond donors (Lipinski definition) is 1. The van der Waals surface area contributed by atoms with E-state index in [1.54, 1.807) is 0 Å². The third-order valence-electron chi connectivity index (χ3n) is 5.35. The third-order valence-corrected chi connectivity index (χ3v) is 6.32. The van der Waals surface area contributed by atoms with Crippen LogP contribution in [-0.4, -0.2) is 50.2 Å². The van der Waals surface area contributed by atoms with Crippen LogP contribution in [0.1, 0.15) is 111 Å². The summed E-state index contributed by atoms with van der Waals surface area (Å²) in [4.78, 5) is 22.6. The molecule has 34 heavy (non-hydrogen) atoms. The van der Waals surface area contributed by atoms with Gasteiger partial charge in [-0.3, -0.25) is 9.36 Å². The average Bonchev–Trinajstić information content (AvgIpc) is 2.76. The fraction of sp³-hybridized carbons (Fsp3) is 0.920. The Morgan fingerprint density at radius 3 is 2.03 bits per heavy atom. The summed E-state index contributed by atoms with van der Waals surface area (Å²) in [6, 6.07) is 0. The van der Waals surface area contributed by atoms with Crippen molar-refractivity contribution in [2.45, 2.75) is 117 Å². The number of phosphoric ester groups is 1. The second-order valence-electron chi connectivity index (χ2n) is 9.13. The number of hydrogen-bond acceptors (Lipinski definition) is 7. The summed E-state index contributed by atoms with van der Waals surface area (Å²) in [6.07, 6.45) is 13.6. The quantitative estimate of drug-likeness (QED) is 0.0850. The van der Waals surface area contributed by atoms with Crippen LogP contribution in [-0.2, 0) is 27.9 Å². The van der Waals surface area contributed by atoms with E-state index in [0.717, 1.165) is 18.8 Å². The summed E-state index contributed by atoms with van der Waals surface area (Å²) in [5, 5.41) is 8.72. The van der Waals surface area contributed by atoms with E-state index in [2.05, 4.69) is 6.92 Å². The molecular formula is C25H49O8P. The second kappa shape index (κ2) is 22.8. The minimum Gasteiger partial charge on any atom is -0.756 e. The maximum atomic E-state index is 12.0. The molecule has 0 aliphatic heterocycles. The molecule has 2 unspecified atom stereocenters. The van der Waals surface area contributed by atoms with E-state index in [1.807, 2.05) is 13.8 Å². The Hall–Kier alpha value is -0.630. The zero-order valence-corrected chi connectivity index (χ0v) is 22.7. The number of carboxylic acid groups (broad SMARTS) is 1. The fourth-order valence-electron chi connectivity index (χ4n) is 3.25. The standard InChI is InChI=1S/C25H49O8P/c1-4-5-6-7-8-9-10-11-12-14-18-30-21-24(31-19-15-13-16-25(26)27)22-33-34(28,29)32-20-17-23(2)3/h24H,4-22H2,1-3H3,(H-,26,27,28,29). The Labute approximate surface area is 207 Å². The summed E-state index contributed by atoms with van der Waals surface area (Å²) in [7, 11) is -4.41. The molecule has 0 spiro atoms. The Kier molecular flexibility index (Phi) is 22.4. The smallest absolute Gasteiger partial charge is 0.303 e. The van der Waals surface area contributed by atoms with Crippen LogP contribution in [0.15, 0.2) is 0 Å². The van der Waals surface area contributed by atoms with Gasteiger partial charge in [0.1, 0.15) is 12.5 Å². The van der Waals surface area contributed by atoms with Crippen LogP contribution >= 0.6 is 7.82 Å². The van der Waals surface area contributed by atoms with E-state index in [-0.39, 0.29) is 26.2 Å². The Balaban J connectivity index is 4.10. The molecule has 8 nitrogen and oxygen atoms in total. The summed E-state index contributed by atoms with van der Waals surface area (Å²) < 4.78 is 33.2. The van der Waals surface area contributed by atoms with E-state index >= 15 is 0 Å². The van der Waals surface area contributed by atoms with E-state index in [9.17, 15) is 14.3 Å². The summed E-state index contributed by atoms with van der Waals surface area (Å²) in [5.41, 5.74) is 0. The van der Waals surface area contributed by atoms with Crippen molar-refractivity contribution in [2.24, 2.45) is 0 Å². The van der Waals surface area contributed by atoms with Gasteiger partial charge in [-0.15, -0.1) is 0 Å². The summed E-state index contributed by atoms with van der Waals surface area (Å²) in [5.74, 6) is 0.228. The normalized spacial score (nSPS) is 14.1. The van der Waals surface area contributed by atoms with Crippen LogP contribution < -0.4 is 4.89 Å². The van der Waals surface area contributed by atoms with Crippen molar-refractivity contribution in [3.05, 3.63) is 5.92 Å². The number of aliphatic carboxylic acids is 1. The van der Waals surface area contributed by atoms with Crippen molar-refractivity contribution >= 4 is 13.8 Å². The molecule has 0 saturated heterocycles. The predicted molar refractivity (Wildman–Crippen MR) is 133 cm³/mol. The molecule has 0 rings (SSSR count). The van der Waals surface area contributed by atoms with Crippen molar-refractivity contribution in [2.75, 3.05) is 33.0 Å². The van der Waals surface area contributed by atoms with Crippen molar-refractivity contribution in [1.29, 1.82) is 0 Å². The third kappa shape index (κ3) is 24.5. The molecule has 0 radical (unpaired) electrons. The average molecular weight is 509 g/mol. The van der Waals surface area contributed by atoms with Crippen LogP contribution in [0.5, 0.6) is 0 Å². The van der Waals surface area contributed by atoms with Crippen molar-refractivity contribution in [1.82, 2.24) is 0 Å². The number of rotatable bonds is 26. The lowest BCUT2D eigenvalue weighted by molar-refractivity contribution is -0.228. The van der Waals surface area contributed by atoms with E-state index in [0.29, 0.717) is 32.5 Å². The lowest BCUT2D eigenvalue weighted by atomic mass is 10.1. The topological polar surface area (TPSA) is 114 Å². The minimum absolute atomic E-state index is 0.0546. The van der Waals surface area contributed by atoms with Gasteiger partial charge in [0.2, 0.25) is 0 Å². The number of unbranched alkanes of at least 4 members (excludes halogenated alkanes) is 10. The molecule has 202 valence electrons. The monoisotopic (exact) mass is 508 g/mol. The van der Waals surface area contributed by atoms with Gasteiger partial charge < -0.3 is 28.5 Å². The maximum absolute atomic E-state index is 12.0. The molecule has 0 aliphatic carbocycles. The first-order chi connectivity index (χ1) is 16.3. The molecule has 0 aromatic heterocycles. The lowest BCUT2D eigenvalue weighted by Crippen LogP contribution is -2.27. The SMILES string of the molecule is CCCCCCCCCCCCOCC(COP(=O)([O-])OCC[C+](C)C)OCCCCC(=O)O. The zero-order chi connectivity index (χ0) is 25.5. The van der Waals surface area contributed by atoms with Crippen molar-refractivity contribution < 1.29 is 37.9 Å². The number of phosphoric acid groups is 1. The fourth-order valence-corrected chi connectivity index (χ4v) is 3.99. The molecule has 0 fully saturated rings. The van der Waals surface area contributed by atoms with Gasteiger partial charge in [0.15, 0.2) is 0 Å². The van der Waals surface area contributed by atoms with Crippen molar-refractivity contribution in [3.63, 3.8) is 0 Å². The van der Waals surface area contributed by atoms with Gasteiger partial charge in [-0.25, -0.2) is 0 Å². The highest BCUT2D eigenvalue weighted by Crippen LogP contribution is 2.38. The highest BCUT2D eigenvalue weighted by Gasteiger charge is 2.17.